The third kappa shape index (κ3) is 4.92. The van der Waals surface area contributed by atoms with E-state index < -0.39 is 24.5 Å². The van der Waals surface area contributed by atoms with E-state index in [0.29, 0.717) is 15.7 Å². The molecule has 174 valence electrons. The van der Waals surface area contributed by atoms with Crippen molar-refractivity contribution in [2.75, 3.05) is 13.2 Å². The normalized spacial score (nSPS) is 13.0. The molecule has 2 N–H and O–H groups in total. The third-order valence-electron chi connectivity index (χ3n) is 4.55. The fraction of sp³-hybridized carbons (Fsp3) is 0.250. The summed E-state index contributed by atoms with van der Waals surface area (Å²) in [4.78, 5) is 4.34. The summed E-state index contributed by atoms with van der Waals surface area (Å²) < 4.78 is 48.4. The number of aromatic nitrogens is 4. The quantitative estimate of drug-likeness (QED) is 0.364. The number of rotatable bonds is 7. The zero-order chi connectivity index (χ0) is 23.9. The van der Waals surface area contributed by atoms with Crippen molar-refractivity contribution in [3.05, 3.63) is 52.0 Å². The van der Waals surface area contributed by atoms with Crippen molar-refractivity contribution in [1.29, 1.82) is 0 Å². The van der Waals surface area contributed by atoms with Gasteiger partial charge < -0.3 is 19.4 Å². The van der Waals surface area contributed by atoms with Crippen LogP contribution in [0.3, 0.4) is 0 Å². The molecule has 4 aromatic rings. The average Bonchev–Trinajstić information content (AvgIpc) is 3.40. The first kappa shape index (κ1) is 23.7. The standard InChI is InChI=1S/C20H15Cl2F3N4O3S/c1-20(24,25)9-2-13(22)17-26-15(6-29(17)5-9)19-28-27-18(33-19)11-3-14(23)16(4-12(11)21)32-8-10(31)7-30/h2-6,10,30-31H,7-8H2,1H3. The molecule has 13 heteroatoms. The van der Waals surface area contributed by atoms with Crippen molar-refractivity contribution in [3.63, 3.8) is 0 Å². The van der Waals surface area contributed by atoms with Gasteiger partial charge in [-0.1, -0.05) is 34.5 Å². The second kappa shape index (κ2) is 9.07. The number of hydrogen-bond acceptors (Lipinski definition) is 7. The first-order valence-electron chi connectivity index (χ1n) is 9.38. The number of halogens is 5. The second-order valence-corrected chi connectivity index (χ2v) is 8.94. The lowest BCUT2D eigenvalue weighted by molar-refractivity contribution is 0.0170. The predicted molar refractivity (Wildman–Crippen MR) is 118 cm³/mol. The Hall–Kier alpha value is -2.44. The van der Waals surface area contributed by atoms with E-state index in [9.17, 15) is 18.3 Å². The lowest BCUT2D eigenvalue weighted by Crippen LogP contribution is -2.21. The van der Waals surface area contributed by atoms with Crippen molar-refractivity contribution in [2.24, 2.45) is 0 Å². The molecule has 0 aliphatic rings. The second-order valence-electron chi connectivity index (χ2n) is 7.14. The summed E-state index contributed by atoms with van der Waals surface area (Å²) in [5.41, 5.74) is 0.597. The van der Waals surface area contributed by atoms with Gasteiger partial charge in [-0.3, -0.25) is 0 Å². The zero-order valence-electron chi connectivity index (χ0n) is 16.8. The molecule has 0 saturated carbocycles. The lowest BCUT2D eigenvalue weighted by atomic mass is 10.2. The van der Waals surface area contributed by atoms with Gasteiger partial charge in [0, 0.05) is 36.5 Å². The van der Waals surface area contributed by atoms with Crippen molar-refractivity contribution in [1.82, 2.24) is 19.6 Å². The minimum absolute atomic E-state index is 0.0528. The van der Waals surface area contributed by atoms with Crippen LogP contribution in [0.4, 0.5) is 13.2 Å². The first-order chi connectivity index (χ1) is 15.6. The van der Waals surface area contributed by atoms with Crippen molar-refractivity contribution < 1.29 is 28.1 Å². The van der Waals surface area contributed by atoms with Crippen molar-refractivity contribution >= 4 is 40.2 Å². The summed E-state index contributed by atoms with van der Waals surface area (Å²) in [6.45, 7) is -0.0705. The molecule has 0 aliphatic heterocycles. The Morgan fingerprint density at radius 3 is 2.58 bits per heavy atom. The highest BCUT2D eigenvalue weighted by molar-refractivity contribution is 7.18. The summed E-state index contributed by atoms with van der Waals surface area (Å²) in [5.74, 6) is -4.02. The number of fused-ring (bicyclic) bond motifs is 1. The Morgan fingerprint density at radius 1 is 1.15 bits per heavy atom. The number of pyridine rings is 1. The van der Waals surface area contributed by atoms with Gasteiger partial charge in [0.25, 0.3) is 5.92 Å². The van der Waals surface area contributed by atoms with E-state index in [1.54, 1.807) is 0 Å². The van der Waals surface area contributed by atoms with E-state index in [1.807, 2.05) is 0 Å². The average molecular weight is 519 g/mol. The Kier molecular flexibility index (Phi) is 6.52. The molecule has 1 atom stereocenters. The zero-order valence-corrected chi connectivity index (χ0v) is 19.1. The molecule has 1 aromatic carbocycles. The SMILES string of the molecule is CC(F)(F)c1cc(Cl)c2nc(-c3nnc(-c4cc(F)c(OCC(O)CO)cc4Cl)s3)cn2c1. The molecule has 0 bridgehead atoms. The molecule has 0 amide bonds. The number of imidazole rings is 1. The highest BCUT2D eigenvalue weighted by atomic mass is 35.5. The smallest absolute Gasteiger partial charge is 0.271 e. The van der Waals surface area contributed by atoms with Crippen LogP contribution in [-0.2, 0) is 5.92 Å². The fourth-order valence-electron chi connectivity index (χ4n) is 2.88. The molecular weight excluding hydrogens is 504 g/mol. The van der Waals surface area contributed by atoms with Crippen LogP contribution < -0.4 is 4.74 Å². The minimum atomic E-state index is -3.08. The van der Waals surface area contributed by atoms with Gasteiger partial charge in [0.15, 0.2) is 22.2 Å². The van der Waals surface area contributed by atoms with Crippen molar-refractivity contribution in [3.8, 4) is 27.0 Å². The molecule has 7 nitrogen and oxygen atoms in total. The van der Waals surface area contributed by atoms with E-state index in [1.165, 1.54) is 22.9 Å². The molecule has 0 saturated heterocycles. The van der Waals surface area contributed by atoms with Crippen LogP contribution in [0.2, 0.25) is 10.0 Å². The highest BCUT2D eigenvalue weighted by Crippen LogP contribution is 2.38. The van der Waals surface area contributed by atoms with E-state index in [0.717, 1.165) is 30.4 Å². The number of ether oxygens (including phenoxy) is 1. The van der Waals surface area contributed by atoms with Crippen LogP contribution >= 0.6 is 34.5 Å². The largest absolute Gasteiger partial charge is 0.488 e. The summed E-state index contributed by atoms with van der Waals surface area (Å²) in [7, 11) is 0. The van der Waals surface area contributed by atoms with E-state index in [2.05, 4.69) is 15.2 Å². The molecule has 0 fully saturated rings. The number of alkyl halides is 2. The molecule has 3 aromatic heterocycles. The Balaban J connectivity index is 1.65. The predicted octanol–water partition coefficient (Wildman–Crippen LogP) is 4.81. The van der Waals surface area contributed by atoms with Crippen molar-refractivity contribution in [2.45, 2.75) is 19.0 Å². The molecule has 1 unspecified atom stereocenters. The maximum absolute atomic E-state index is 14.5. The molecule has 4 rings (SSSR count). The number of hydrogen-bond donors (Lipinski definition) is 2. The van der Waals surface area contributed by atoms with Crippen LogP contribution in [0.5, 0.6) is 5.75 Å². The van der Waals surface area contributed by atoms with Crippen LogP contribution in [-0.4, -0.2) is 49.1 Å². The number of aliphatic hydroxyl groups is 2. The Labute approximate surface area is 199 Å². The first-order valence-corrected chi connectivity index (χ1v) is 11.0. The van der Waals surface area contributed by atoms with E-state index in [4.69, 9.17) is 33.0 Å². The molecule has 0 aliphatic carbocycles. The van der Waals surface area contributed by atoms with Crippen LogP contribution in [0.1, 0.15) is 12.5 Å². The van der Waals surface area contributed by atoms with Gasteiger partial charge in [0.05, 0.1) is 16.7 Å². The summed E-state index contributed by atoms with van der Waals surface area (Å²) in [6, 6.07) is 3.50. The van der Waals surface area contributed by atoms with Gasteiger partial charge in [-0.25, -0.2) is 18.2 Å². The molecular formula is C20H15Cl2F3N4O3S. The maximum atomic E-state index is 14.5. The van der Waals surface area contributed by atoms with Gasteiger partial charge in [-0.2, -0.15) is 0 Å². The van der Waals surface area contributed by atoms with Gasteiger partial charge in [-0.05, 0) is 12.1 Å². The molecule has 0 spiro atoms. The van der Waals surface area contributed by atoms with Crippen LogP contribution in [0.25, 0.3) is 26.9 Å². The third-order valence-corrected chi connectivity index (χ3v) is 6.12. The summed E-state index contributed by atoms with van der Waals surface area (Å²) >= 11 is 13.5. The Morgan fingerprint density at radius 2 is 1.88 bits per heavy atom. The maximum Gasteiger partial charge on any atom is 0.271 e. The van der Waals surface area contributed by atoms with E-state index >= 15 is 0 Å². The number of benzene rings is 1. The van der Waals surface area contributed by atoms with Crippen LogP contribution in [0.15, 0.2) is 30.6 Å². The molecule has 33 heavy (non-hydrogen) atoms. The number of nitrogens with zero attached hydrogens (tertiary/aromatic N) is 4. The monoisotopic (exact) mass is 518 g/mol. The summed E-state index contributed by atoms with van der Waals surface area (Å²) in [5, 5.41) is 27.1. The van der Waals surface area contributed by atoms with Gasteiger partial charge in [-0.15, -0.1) is 10.2 Å². The molecule has 0 radical (unpaired) electrons. The number of aliphatic hydroxyl groups excluding tert-OH is 2. The lowest BCUT2D eigenvalue weighted by Gasteiger charge is -2.11. The van der Waals surface area contributed by atoms with E-state index in [-0.39, 0.29) is 39.2 Å². The van der Waals surface area contributed by atoms with Crippen LogP contribution in [0, 0.1) is 5.82 Å². The Bertz CT molecular complexity index is 1330. The summed E-state index contributed by atoms with van der Waals surface area (Å²) in [6.07, 6.45) is 1.57. The molecule has 3 heterocycles. The van der Waals surface area contributed by atoms with Gasteiger partial charge in [0.1, 0.15) is 23.4 Å². The van der Waals surface area contributed by atoms with Gasteiger partial charge >= 0.3 is 0 Å². The fourth-order valence-corrected chi connectivity index (χ4v) is 4.26. The highest BCUT2D eigenvalue weighted by Gasteiger charge is 2.26. The topological polar surface area (TPSA) is 92.8 Å². The van der Waals surface area contributed by atoms with Gasteiger partial charge in [0.2, 0.25) is 0 Å². The minimum Gasteiger partial charge on any atom is -0.488 e.